The maximum absolute atomic E-state index is 10.4. The molecule has 3 N–H and O–H groups in total. The van der Waals surface area contributed by atoms with E-state index in [4.69, 9.17) is 10.8 Å². The second-order valence-electron chi connectivity index (χ2n) is 2.72. The van der Waals surface area contributed by atoms with Gasteiger partial charge in [-0.1, -0.05) is 12.1 Å². The smallest absolute Gasteiger partial charge is 0.221 e. The zero-order valence-electron chi connectivity index (χ0n) is 8.36. The molecular formula is C10H15NO3. The number of methoxy groups -OCH3 is 1. The Morgan fingerprint density at radius 1 is 1.36 bits per heavy atom. The molecule has 0 aliphatic carbocycles. The highest BCUT2D eigenvalue weighted by Crippen LogP contribution is 2.09. The van der Waals surface area contributed by atoms with Crippen LogP contribution in [0.5, 0.6) is 5.75 Å². The molecule has 0 aromatic heterocycles. The number of primary amides is 1. The minimum Gasteiger partial charge on any atom is -0.508 e. The molecule has 1 amide bonds. The van der Waals surface area contributed by atoms with E-state index in [1.807, 2.05) is 0 Å². The minimum absolute atomic E-state index is 0.193. The van der Waals surface area contributed by atoms with Crippen molar-refractivity contribution < 1.29 is 14.6 Å². The molecule has 4 heteroatoms. The fourth-order valence-corrected chi connectivity index (χ4v) is 0.815. The number of phenolic OH excluding ortho intramolecular Hbond substituents is 1. The van der Waals surface area contributed by atoms with Gasteiger partial charge in [0.05, 0.1) is 6.42 Å². The lowest BCUT2D eigenvalue weighted by Gasteiger charge is -1.96. The molecule has 0 heterocycles. The monoisotopic (exact) mass is 197 g/mol. The van der Waals surface area contributed by atoms with Crippen LogP contribution in [0.25, 0.3) is 0 Å². The summed E-state index contributed by atoms with van der Waals surface area (Å²) in [5.41, 5.74) is 5.78. The van der Waals surface area contributed by atoms with Gasteiger partial charge in [-0.3, -0.25) is 4.79 Å². The molecule has 0 aliphatic rings. The summed E-state index contributed by atoms with van der Waals surface area (Å²) >= 11 is 0. The second kappa shape index (κ2) is 6.91. The Kier molecular flexibility index (Phi) is 6.15. The molecule has 0 bridgehead atoms. The van der Waals surface area contributed by atoms with Crippen LogP contribution in [0.2, 0.25) is 0 Å². The van der Waals surface area contributed by atoms with Gasteiger partial charge >= 0.3 is 0 Å². The molecule has 0 saturated carbocycles. The van der Waals surface area contributed by atoms with Gasteiger partial charge in [-0.25, -0.2) is 0 Å². The molecule has 0 unspecified atom stereocenters. The number of amides is 1. The molecule has 4 nitrogen and oxygen atoms in total. The summed E-state index contributed by atoms with van der Waals surface area (Å²) in [7, 11) is 3.25. The molecule has 0 atom stereocenters. The highest BCUT2D eigenvalue weighted by Gasteiger charge is 1.96. The summed E-state index contributed by atoms with van der Waals surface area (Å²) in [6.45, 7) is 0. The lowest BCUT2D eigenvalue weighted by molar-refractivity contribution is -0.117. The van der Waals surface area contributed by atoms with Gasteiger partial charge < -0.3 is 15.6 Å². The first kappa shape index (κ1) is 12.4. The predicted octanol–water partition coefficient (Wildman–Crippen LogP) is 0.683. The Morgan fingerprint density at radius 2 is 1.79 bits per heavy atom. The van der Waals surface area contributed by atoms with E-state index in [-0.39, 0.29) is 18.1 Å². The maximum atomic E-state index is 10.4. The number of hydrogen-bond acceptors (Lipinski definition) is 3. The molecule has 0 spiro atoms. The summed E-state index contributed by atoms with van der Waals surface area (Å²) < 4.78 is 4.25. The van der Waals surface area contributed by atoms with Crippen molar-refractivity contribution in [3.05, 3.63) is 29.8 Å². The third kappa shape index (κ3) is 6.02. The van der Waals surface area contributed by atoms with E-state index < -0.39 is 0 Å². The van der Waals surface area contributed by atoms with Crippen LogP contribution >= 0.6 is 0 Å². The van der Waals surface area contributed by atoms with E-state index in [1.54, 1.807) is 26.4 Å². The van der Waals surface area contributed by atoms with Crippen LogP contribution in [0, 0.1) is 0 Å². The molecule has 14 heavy (non-hydrogen) atoms. The predicted molar refractivity (Wildman–Crippen MR) is 53.9 cm³/mol. The highest BCUT2D eigenvalue weighted by atomic mass is 16.4. The third-order valence-corrected chi connectivity index (χ3v) is 1.31. The number of carbonyl (C=O) groups excluding carboxylic acids is 1. The number of carbonyl (C=O) groups is 1. The van der Waals surface area contributed by atoms with Gasteiger partial charge in [-0.2, -0.15) is 0 Å². The normalized spacial score (nSPS) is 8.71. The Bertz CT molecular complexity index is 269. The number of hydrogen-bond donors (Lipinski definition) is 2. The molecule has 1 rings (SSSR count). The second-order valence-corrected chi connectivity index (χ2v) is 2.72. The average molecular weight is 197 g/mol. The first-order valence-electron chi connectivity index (χ1n) is 4.06. The Balaban J connectivity index is 0.000000500. The van der Waals surface area contributed by atoms with Crippen molar-refractivity contribution in [2.75, 3.05) is 14.2 Å². The van der Waals surface area contributed by atoms with Gasteiger partial charge in [0.2, 0.25) is 5.91 Å². The van der Waals surface area contributed by atoms with Gasteiger partial charge in [0.25, 0.3) is 0 Å². The minimum atomic E-state index is -0.365. The van der Waals surface area contributed by atoms with Crippen LogP contribution in [0.3, 0.4) is 0 Å². The summed E-state index contributed by atoms with van der Waals surface area (Å²) in [6, 6.07) is 6.39. The van der Waals surface area contributed by atoms with E-state index in [9.17, 15) is 4.79 Å². The number of aromatic hydroxyl groups is 1. The van der Waals surface area contributed by atoms with Crippen molar-refractivity contribution in [1.29, 1.82) is 0 Å². The third-order valence-electron chi connectivity index (χ3n) is 1.31. The molecule has 0 radical (unpaired) electrons. The molecule has 1 aromatic carbocycles. The Hall–Kier alpha value is -1.55. The summed E-state index contributed by atoms with van der Waals surface area (Å²) in [4.78, 5) is 10.4. The summed E-state index contributed by atoms with van der Waals surface area (Å²) in [5, 5.41) is 8.87. The summed E-state index contributed by atoms with van der Waals surface area (Å²) in [5.74, 6) is -0.172. The standard InChI is InChI=1S/C8H9NO2.C2H6O/c9-8(11)5-6-1-3-7(10)4-2-6;1-3-2/h1-4,10H,5H2,(H2,9,11);1-2H3. The van der Waals surface area contributed by atoms with Crippen LogP contribution in [0.15, 0.2) is 24.3 Å². The molecule has 0 fully saturated rings. The molecule has 0 saturated heterocycles. The van der Waals surface area contributed by atoms with Crippen molar-refractivity contribution in [3.63, 3.8) is 0 Å². The van der Waals surface area contributed by atoms with E-state index in [0.29, 0.717) is 0 Å². The van der Waals surface area contributed by atoms with Crippen LogP contribution in [-0.2, 0) is 16.0 Å². The summed E-state index contributed by atoms with van der Waals surface area (Å²) in [6.07, 6.45) is 0.222. The van der Waals surface area contributed by atoms with E-state index in [2.05, 4.69) is 4.74 Å². The number of ether oxygens (including phenoxy) is 1. The van der Waals surface area contributed by atoms with Gasteiger partial charge in [-0.05, 0) is 17.7 Å². The Labute approximate surface area is 83.3 Å². The van der Waals surface area contributed by atoms with Crippen molar-refractivity contribution in [3.8, 4) is 5.75 Å². The lowest BCUT2D eigenvalue weighted by Crippen LogP contribution is -2.13. The fourth-order valence-electron chi connectivity index (χ4n) is 0.815. The van der Waals surface area contributed by atoms with E-state index >= 15 is 0 Å². The van der Waals surface area contributed by atoms with Crippen LogP contribution in [0.4, 0.5) is 0 Å². The van der Waals surface area contributed by atoms with E-state index in [1.165, 1.54) is 12.1 Å². The van der Waals surface area contributed by atoms with Gasteiger partial charge in [0.1, 0.15) is 5.75 Å². The number of benzene rings is 1. The molecule has 0 aliphatic heterocycles. The first-order chi connectivity index (χ1) is 6.60. The largest absolute Gasteiger partial charge is 0.508 e. The van der Waals surface area contributed by atoms with Crippen LogP contribution in [0.1, 0.15) is 5.56 Å². The fraction of sp³-hybridized carbons (Fsp3) is 0.300. The highest BCUT2D eigenvalue weighted by molar-refractivity contribution is 5.76. The Morgan fingerprint density at radius 3 is 2.14 bits per heavy atom. The van der Waals surface area contributed by atoms with Crippen LogP contribution in [-0.4, -0.2) is 25.2 Å². The molecule has 1 aromatic rings. The first-order valence-corrected chi connectivity index (χ1v) is 4.06. The zero-order valence-corrected chi connectivity index (χ0v) is 8.36. The van der Waals surface area contributed by atoms with Gasteiger partial charge in [0.15, 0.2) is 0 Å². The topological polar surface area (TPSA) is 72.5 Å². The van der Waals surface area contributed by atoms with E-state index in [0.717, 1.165) is 5.56 Å². The number of nitrogens with two attached hydrogens (primary N) is 1. The average Bonchev–Trinajstić information content (AvgIpc) is 2.09. The van der Waals surface area contributed by atoms with Crippen molar-refractivity contribution >= 4 is 5.91 Å². The zero-order chi connectivity index (χ0) is 11.0. The van der Waals surface area contributed by atoms with Gasteiger partial charge in [0, 0.05) is 14.2 Å². The SMILES string of the molecule is COC.NC(=O)Cc1ccc(O)cc1. The maximum Gasteiger partial charge on any atom is 0.221 e. The lowest BCUT2D eigenvalue weighted by atomic mass is 10.1. The number of phenols is 1. The quantitative estimate of drug-likeness (QED) is 0.732. The van der Waals surface area contributed by atoms with Crippen molar-refractivity contribution in [2.24, 2.45) is 5.73 Å². The van der Waals surface area contributed by atoms with Gasteiger partial charge in [-0.15, -0.1) is 0 Å². The molecular weight excluding hydrogens is 182 g/mol. The van der Waals surface area contributed by atoms with Crippen molar-refractivity contribution in [1.82, 2.24) is 0 Å². The molecule has 78 valence electrons. The van der Waals surface area contributed by atoms with Crippen molar-refractivity contribution in [2.45, 2.75) is 6.42 Å². The number of rotatable bonds is 2. The van der Waals surface area contributed by atoms with Crippen LogP contribution < -0.4 is 5.73 Å².